The van der Waals surface area contributed by atoms with Crippen LogP contribution in [0.2, 0.25) is 0 Å². The van der Waals surface area contributed by atoms with Gasteiger partial charge in [-0.05, 0) is 74.4 Å². The molecule has 1 atom stereocenters. The molecule has 9 heteroatoms. The van der Waals surface area contributed by atoms with E-state index in [0.717, 1.165) is 27.8 Å². The number of anilines is 2. The number of amides is 2. The fraction of sp³-hybridized carbons (Fsp3) is 0.154. The Morgan fingerprint density at radius 1 is 0.829 bits per heavy atom. The Bertz CT molecular complexity index is 1320. The predicted octanol–water partition coefficient (Wildman–Crippen LogP) is 5.07. The lowest BCUT2D eigenvalue weighted by Crippen LogP contribution is -2.23. The molecule has 8 nitrogen and oxygen atoms in total. The molecular formula is C26H24N2O6S. The number of hydrogen-bond acceptors (Lipinski definition) is 5. The van der Waals surface area contributed by atoms with Crippen LogP contribution < -0.4 is 10.6 Å². The molecule has 4 N–H and O–H groups in total. The zero-order valence-electron chi connectivity index (χ0n) is 19.3. The van der Waals surface area contributed by atoms with Crippen molar-refractivity contribution in [2.75, 3.05) is 10.6 Å². The van der Waals surface area contributed by atoms with Gasteiger partial charge in [0.05, 0.1) is 21.9 Å². The van der Waals surface area contributed by atoms with Crippen LogP contribution in [0.5, 0.6) is 0 Å². The molecule has 2 amide bonds. The van der Waals surface area contributed by atoms with E-state index < -0.39 is 28.7 Å². The first-order valence-corrected chi connectivity index (χ1v) is 11.5. The fourth-order valence-corrected chi connectivity index (χ4v) is 4.20. The maximum absolute atomic E-state index is 12.7. The summed E-state index contributed by atoms with van der Waals surface area (Å²) < 4.78 is 0. The minimum atomic E-state index is -1.41. The van der Waals surface area contributed by atoms with Crippen LogP contribution >= 0.6 is 11.8 Å². The van der Waals surface area contributed by atoms with Crippen molar-refractivity contribution in [3.63, 3.8) is 0 Å². The molecule has 0 spiro atoms. The number of thioether (sulfide) groups is 1. The number of benzene rings is 3. The van der Waals surface area contributed by atoms with Gasteiger partial charge in [0, 0.05) is 16.3 Å². The van der Waals surface area contributed by atoms with Gasteiger partial charge in [-0.25, -0.2) is 9.59 Å². The van der Waals surface area contributed by atoms with E-state index >= 15 is 0 Å². The summed E-state index contributed by atoms with van der Waals surface area (Å²) in [5.74, 6) is -3.56. The molecule has 1 unspecified atom stereocenters. The molecule has 0 bridgehead atoms. The summed E-state index contributed by atoms with van der Waals surface area (Å²) >= 11 is 1.31. The van der Waals surface area contributed by atoms with Gasteiger partial charge in [0.2, 0.25) is 5.91 Å². The Balaban J connectivity index is 1.72. The minimum absolute atomic E-state index is 0.164. The van der Waals surface area contributed by atoms with Crippen molar-refractivity contribution in [2.24, 2.45) is 0 Å². The van der Waals surface area contributed by atoms with Crippen LogP contribution in [0.4, 0.5) is 11.4 Å². The first-order chi connectivity index (χ1) is 16.6. The standard InChI is InChI=1S/C26H24N2O6S/c1-14-6-4-9-22(15(14)2)28-23(29)16(3)35-19-8-5-7-18(13-19)27-24(30)20-11-10-17(25(31)32)12-21(20)26(33)34/h4-13,16H,1-3H3,(H,27,30)(H,28,29)(H,31,32)(H,33,34). The van der Waals surface area contributed by atoms with E-state index in [4.69, 9.17) is 5.11 Å². The van der Waals surface area contributed by atoms with Crippen molar-refractivity contribution >= 4 is 46.9 Å². The molecule has 0 heterocycles. The van der Waals surface area contributed by atoms with Gasteiger partial charge in [0.1, 0.15) is 0 Å². The maximum atomic E-state index is 12.7. The van der Waals surface area contributed by atoms with Crippen LogP contribution in [0, 0.1) is 13.8 Å². The van der Waals surface area contributed by atoms with Crippen LogP contribution in [0.25, 0.3) is 0 Å². The number of hydrogen-bond donors (Lipinski definition) is 4. The predicted molar refractivity (Wildman–Crippen MR) is 135 cm³/mol. The van der Waals surface area contributed by atoms with E-state index in [1.165, 1.54) is 23.9 Å². The average molecular weight is 493 g/mol. The van der Waals surface area contributed by atoms with Gasteiger partial charge < -0.3 is 20.8 Å². The molecule has 35 heavy (non-hydrogen) atoms. The van der Waals surface area contributed by atoms with Crippen LogP contribution in [0.3, 0.4) is 0 Å². The maximum Gasteiger partial charge on any atom is 0.336 e. The number of rotatable bonds is 8. The van der Waals surface area contributed by atoms with Crippen molar-refractivity contribution < 1.29 is 29.4 Å². The molecule has 0 saturated heterocycles. The Hall–Kier alpha value is -4.11. The zero-order valence-corrected chi connectivity index (χ0v) is 20.1. The molecule has 0 fully saturated rings. The molecule has 0 aliphatic carbocycles. The summed E-state index contributed by atoms with van der Waals surface area (Å²) in [7, 11) is 0. The fourth-order valence-electron chi connectivity index (χ4n) is 3.28. The molecule has 3 aromatic carbocycles. The highest BCUT2D eigenvalue weighted by molar-refractivity contribution is 8.00. The third-order valence-electron chi connectivity index (χ3n) is 5.38. The number of carbonyl (C=O) groups excluding carboxylic acids is 2. The lowest BCUT2D eigenvalue weighted by Gasteiger charge is -2.15. The second kappa shape index (κ2) is 10.9. The van der Waals surface area contributed by atoms with Gasteiger partial charge >= 0.3 is 11.9 Å². The molecule has 3 aromatic rings. The van der Waals surface area contributed by atoms with E-state index in [1.54, 1.807) is 31.2 Å². The monoisotopic (exact) mass is 492 g/mol. The third-order valence-corrected chi connectivity index (χ3v) is 6.47. The molecular weight excluding hydrogens is 468 g/mol. The Morgan fingerprint density at radius 3 is 2.23 bits per heavy atom. The first kappa shape index (κ1) is 25.5. The van der Waals surface area contributed by atoms with Gasteiger partial charge in [-0.3, -0.25) is 9.59 Å². The van der Waals surface area contributed by atoms with Gasteiger partial charge in [-0.1, -0.05) is 18.2 Å². The summed E-state index contributed by atoms with van der Waals surface area (Å²) in [6.07, 6.45) is 0. The first-order valence-electron chi connectivity index (χ1n) is 10.6. The van der Waals surface area contributed by atoms with Crippen molar-refractivity contribution in [3.05, 3.63) is 88.5 Å². The van der Waals surface area contributed by atoms with Crippen molar-refractivity contribution in [1.29, 1.82) is 0 Å². The lowest BCUT2D eigenvalue weighted by molar-refractivity contribution is -0.115. The summed E-state index contributed by atoms with van der Waals surface area (Å²) in [5, 5.41) is 23.6. The van der Waals surface area contributed by atoms with Gasteiger partial charge in [-0.2, -0.15) is 0 Å². The topological polar surface area (TPSA) is 133 Å². The van der Waals surface area contributed by atoms with Crippen molar-refractivity contribution in [2.45, 2.75) is 30.9 Å². The van der Waals surface area contributed by atoms with Crippen LogP contribution in [-0.4, -0.2) is 39.2 Å². The van der Waals surface area contributed by atoms with E-state index in [1.807, 2.05) is 32.0 Å². The summed E-state index contributed by atoms with van der Waals surface area (Å²) in [6, 6.07) is 15.8. The number of carboxylic acids is 2. The zero-order chi connectivity index (χ0) is 25.7. The quantitative estimate of drug-likeness (QED) is 0.323. The van der Waals surface area contributed by atoms with Gasteiger partial charge in [0.15, 0.2) is 0 Å². The summed E-state index contributed by atoms with van der Waals surface area (Å²) in [5.41, 5.74) is 2.43. The van der Waals surface area contributed by atoms with Crippen LogP contribution in [0.1, 0.15) is 49.1 Å². The molecule has 0 aliphatic rings. The van der Waals surface area contributed by atoms with E-state index in [0.29, 0.717) is 5.69 Å². The Labute approximate surface area is 206 Å². The van der Waals surface area contributed by atoms with E-state index in [9.17, 15) is 24.3 Å². The number of aryl methyl sites for hydroxylation is 1. The third kappa shape index (κ3) is 6.27. The smallest absolute Gasteiger partial charge is 0.336 e. The number of carbonyl (C=O) groups is 4. The highest BCUT2D eigenvalue weighted by Crippen LogP contribution is 2.28. The molecule has 0 aliphatic heterocycles. The molecule has 0 saturated carbocycles. The normalized spacial score (nSPS) is 11.4. The minimum Gasteiger partial charge on any atom is -0.478 e. The average Bonchev–Trinajstić information content (AvgIpc) is 2.81. The van der Waals surface area contributed by atoms with E-state index in [-0.39, 0.29) is 17.0 Å². The van der Waals surface area contributed by atoms with Gasteiger partial charge in [-0.15, -0.1) is 11.8 Å². The number of nitrogens with one attached hydrogen (secondary N) is 2. The molecule has 180 valence electrons. The molecule has 0 aromatic heterocycles. The van der Waals surface area contributed by atoms with Crippen molar-refractivity contribution in [3.8, 4) is 0 Å². The largest absolute Gasteiger partial charge is 0.478 e. The highest BCUT2D eigenvalue weighted by atomic mass is 32.2. The van der Waals surface area contributed by atoms with Crippen LogP contribution in [0.15, 0.2) is 65.6 Å². The lowest BCUT2D eigenvalue weighted by atomic mass is 10.0. The SMILES string of the molecule is Cc1cccc(NC(=O)C(C)Sc2cccc(NC(=O)c3ccc(C(=O)O)cc3C(=O)O)c2)c1C. The summed E-state index contributed by atoms with van der Waals surface area (Å²) in [6.45, 7) is 5.70. The summed E-state index contributed by atoms with van der Waals surface area (Å²) in [4.78, 5) is 48.8. The second-order valence-corrected chi connectivity index (χ2v) is 9.26. The van der Waals surface area contributed by atoms with E-state index in [2.05, 4.69) is 10.6 Å². The van der Waals surface area contributed by atoms with Crippen LogP contribution in [-0.2, 0) is 4.79 Å². The Morgan fingerprint density at radius 2 is 1.54 bits per heavy atom. The molecule has 3 rings (SSSR count). The number of aromatic carboxylic acids is 2. The number of carboxylic acid groups (broad SMARTS) is 2. The highest BCUT2D eigenvalue weighted by Gasteiger charge is 2.20. The molecule has 0 radical (unpaired) electrons. The Kier molecular flexibility index (Phi) is 7.93. The van der Waals surface area contributed by atoms with Crippen molar-refractivity contribution in [1.82, 2.24) is 0 Å². The second-order valence-electron chi connectivity index (χ2n) is 7.85. The van der Waals surface area contributed by atoms with Gasteiger partial charge in [0.25, 0.3) is 5.91 Å².